The summed E-state index contributed by atoms with van der Waals surface area (Å²) in [5.74, 6) is 0. The lowest BCUT2D eigenvalue weighted by molar-refractivity contribution is 0.585. The predicted octanol–water partition coefficient (Wildman–Crippen LogP) is 3.21. The lowest BCUT2D eigenvalue weighted by Gasteiger charge is -2.15. The van der Waals surface area contributed by atoms with Gasteiger partial charge in [0.05, 0.1) is 5.69 Å². The lowest BCUT2D eigenvalue weighted by Crippen LogP contribution is -2.19. The zero-order valence-corrected chi connectivity index (χ0v) is 11.9. The van der Waals surface area contributed by atoms with E-state index in [0.29, 0.717) is 6.04 Å². The van der Waals surface area contributed by atoms with Crippen molar-refractivity contribution in [2.24, 2.45) is 0 Å². The van der Waals surface area contributed by atoms with Gasteiger partial charge < -0.3 is 5.32 Å². The van der Waals surface area contributed by atoms with E-state index in [4.69, 9.17) is 0 Å². The van der Waals surface area contributed by atoms with Crippen molar-refractivity contribution >= 4 is 16.3 Å². The number of imidazole rings is 1. The lowest BCUT2D eigenvalue weighted by atomic mass is 10.0. The zero-order valence-electron chi connectivity index (χ0n) is 11.1. The minimum atomic E-state index is 0.310. The maximum atomic E-state index is 4.65. The summed E-state index contributed by atoms with van der Waals surface area (Å²) in [5.41, 5.74) is 3.75. The van der Waals surface area contributed by atoms with Crippen molar-refractivity contribution in [3.05, 3.63) is 58.9 Å². The van der Waals surface area contributed by atoms with Gasteiger partial charge >= 0.3 is 0 Å². The van der Waals surface area contributed by atoms with Crippen molar-refractivity contribution in [3.63, 3.8) is 0 Å². The summed E-state index contributed by atoms with van der Waals surface area (Å²) in [7, 11) is 2.01. The number of thiazole rings is 1. The first kappa shape index (κ1) is 12.4. The summed E-state index contributed by atoms with van der Waals surface area (Å²) < 4.78 is 2.09. The van der Waals surface area contributed by atoms with Crippen LogP contribution in [0.3, 0.4) is 0 Å². The van der Waals surface area contributed by atoms with Gasteiger partial charge in [0.2, 0.25) is 0 Å². The quantitative estimate of drug-likeness (QED) is 0.789. The first-order chi connectivity index (χ1) is 9.26. The van der Waals surface area contributed by atoms with E-state index in [-0.39, 0.29) is 0 Å². The molecule has 19 heavy (non-hydrogen) atoms. The van der Waals surface area contributed by atoms with E-state index in [2.05, 4.69) is 63.7 Å². The Hall–Kier alpha value is -1.65. The zero-order chi connectivity index (χ0) is 13.2. The molecule has 0 aliphatic rings. The maximum Gasteiger partial charge on any atom is 0.193 e. The monoisotopic (exact) mass is 271 g/mol. The third-order valence-electron chi connectivity index (χ3n) is 3.35. The summed E-state index contributed by atoms with van der Waals surface area (Å²) in [6, 6.07) is 8.96. The second-order valence-corrected chi connectivity index (χ2v) is 5.66. The minimum Gasteiger partial charge on any atom is -0.313 e. The molecular formula is C15H17N3S. The molecule has 1 N–H and O–H groups in total. The molecule has 0 saturated carbocycles. The number of aryl methyl sites for hydroxylation is 1. The van der Waals surface area contributed by atoms with Crippen LogP contribution < -0.4 is 5.32 Å². The highest BCUT2D eigenvalue weighted by molar-refractivity contribution is 7.15. The molecule has 1 atom stereocenters. The number of hydrogen-bond donors (Lipinski definition) is 1. The molecule has 0 spiro atoms. The molecule has 1 aromatic carbocycles. The van der Waals surface area contributed by atoms with Crippen molar-refractivity contribution in [3.8, 4) is 0 Å². The number of nitrogens with one attached hydrogen (secondary N) is 1. The Kier molecular flexibility index (Phi) is 3.36. The van der Waals surface area contributed by atoms with Crippen LogP contribution in [0.25, 0.3) is 4.96 Å². The number of aromatic nitrogens is 2. The molecule has 4 heteroatoms. The van der Waals surface area contributed by atoms with Gasteiger partial charge in [0.15, 0.2) is 4.96 Å². The minimum absolute atomic E-state index is 0.310. The molecule has 0 fully saturated rings. The van der Waals surface area contributed by atoms with Crippen LogP contribution in [0.1, 0.15) is 22.9 Å². The summed E-state index contributed by atoms with van der Waals surface area (Å²) in [6.45, 7) is 2.13. The van der Waals surface area contributed by atoms with Gasteiger partial charge in [-0.3, -0.25) is 4.40 Å². The Labute approximate surface area is 116 Å². The first-order valence-electron chi connectivity index (χ1n) is 6.41. The van der Waals surface area contributed by atoms with E-state index in [0.717, 1.165) is 17.1 Å². The summed E-state index contributed by atoms with van der Waals surface area (Å²) in [5, 5.41) is 5.44. The van der Waals surface area contributed by atoms with E-state index < -0.39 is 0 Å². The molecule has 2 heterocycles. The Balaban J connectivity index is 1.85. The Bertz CT molecular complexity index is 655. The Morgan fingerprint density at radius 2 is 2.32 bits per heavy atom. The van der Waals surface area contributed by atoms with Gasteiger partial charge in [0, 0.05) is 30.2 Å². The van der Waals surface area contributed by atoms with Crippen LogP contribution in [-0.2, 0) is 6.42 Å². The fourth-order valence-electron chi connectivity index (χ4n) is 2.36. The standard InChI is InChI=1S/C15H17N3S/c1-11-4-3-5-12(8-11)14(16-2)9-13-10-18-6-7-19-15(18)17-13/h3-8,10,14,16H,9H2,1-2H3. The third-order valence-corrected chi connectivity index (χ3v) is 4.12. The van der Waals surface area contributed by atoms with Crippen molar-refractivity contribution in [2.45, 2.75) is 19.4 Å². The van der Waals surface area contributed by atoms with Gasteiger partial charge in [0.1, 0.15) is 0 Å². The maximum absolute atomic E-state index is 4.65. The highest BCUT2D eigenvalue weighted by Gasteiger charge is 2.12. The van der Waals surface area contributed by atoms with Gasteiger partial charge in [-0.25, -0.2) is 4.98 Å². The highest BCUT2D eigenvalue weighted by atomic mass is 32.1. The van der Waals surface area contributed by atoms with E-state index in [1.807, 2.05) is 7.05 Å². The second-order valence-electron chi connectivity index (χ2n) is 4.78. The van der Waals surface area contributed by atoms with Gasteiger partial charge in [-0.2, -0.15) is 0 Å². The van der Waals surface area contributed by atoms with Crippen molar-refractivity contribution in [1.29, 1.82) is 0 Å². The average Bonchev–Trinajstić information content (AvgIpc) is 2.96. The van der Waals surface area contributed by atoms with Crippen molar-refractivity contribution in [2.75, 3.05) is 7.05 Å². The van der Waals surface area contributed by atoms with Crippen LogP contribution in [0, 0.1) is 6.92 Å². The summed E-state index contributed by atoms with van der Waals surface area (Å²) >= 11 is 1.67. The van der Waals surface area contributed by atoms with Crippen molar-refractivity contribution < 1.29 is 0 Å². The molecule has 0 bridgehead atoms. The largest absolute Gasteiger partial charge is 0.313 e. The van der Waals surface area contributed by atoms with Crippen LogP contribution in [0.2, 0.25) is 0 Å². The van der Waals surface area contributed by atoms with E-state index in [1.54, 1.807) is 11.3 Å². The Morgan fingerprint density at radius 3 is 3.05 bits per heavy atom. The molecule has 3 aromatic rings. The van der Waals surface area contributed by atoms with Gasteiger partial charge in [0.25, 0.3) is 0 Å². The summed E-state index contributed by atoms with van der Waals surface area (Å²) in [4.78, 5) is 5.71. The van der Waals surface area contributed by atoms with Gasteiger partial charge in [-0.05, 0) is 19.5 Å². The molecular weight excluding hydrogens is 254 g/mol. The molecule has 3 nitrogen and oxygen atoms in total. The van der Waals surface area contributed by atoms with Crippen LogP contribution in [0.5, 0.6) is 0 Å². The number of likely N-dealkylation sites (N-methyl/N-ethyl adjacent to an activating group) is 1. The van der Waals surface area contributed by atoms with Gasteiger partial charge in [-0.15, -0.1) is 11.3 Å². The molecule has 3 rings (SSSR count). The molecule has 0 aliphatic carbocycles. The van der Waals surface area contributed by atoms with Crippen LogP contribution in [0.4, 0.5) is 0 Å². The van der Waals surface area contributed by atoms with Crippen LogP contribution >= 0.6 is 11.3 Å². The number of hydrogen-bond acceptors (Lipinski definition) is 3. The Morgan fingerprint density at radius 1 is 1.42 bits per heavy atom. The van der Waals surface area contributed by atoms with E-state index in [9.17, 15) is 0 Å². The number of fused-ring (bicyclic) bond motifs is 1. The highest BCUT2D eigenvalue weighted by Crippen LogP contribution is 2.20. The predicted molar refractivity (Wildman–Crippen MR) is 79.8 cm³/mol. The van der Waals surface area contributed by atoms with Crippen LogP contribution in [0.15, 0.2) is 42.0 Å². The van der Waals surface area contributed by atoms with Crippen LogP contribution in [-0.4, -0.2) is 16.4 Å². The molecule has 1 unspecified atom stereocenters. The smallest absolute Gasteiger partial charge is 0.193 e. The number of benzene rings is 1. The molecule has 98 valence electrons. The topological polar surface area (TPSA) is 29.3 Å². The fourth-order valence-corrected chi connectivity index (χ4v) is 3.08. The number of nitrogens with zero attached hydrogens (tertiary/aromatic N) is 2. The summed E-state index contributed by atoms with van der Waals surface area (Å²) in [6.07, 6.45) is 5.08. The van der Waals surface area contributed by atoms with E-state index in [1.165, 1.54) is 11.1 Å². The second kappa shape index (κ2) is 5.15. The van der Waals surface area contributed by atoms with E-state index >= 15 is 0 Å². The SMILES string of the molecule is CNC(Cc1cn2ccsc2n1)c1cccc(C)c1. The average molecular weight is 271 g/mol. The first-order valence-corrected chi connectivity index (χ1v) is 7.29. The molecule has 0 aliphatic heterocycles. The molecule has 0 amide bonds. The van der Waals surface area contributed by atoms with Crippen molar-refractivity contribution in [1.82, 2.24) is 14.7 Å². The normalized spacial score (nSPS) is 12.9. The number of rotatable bonds is 4. The molecule has 0 radical (unpaired) electrons. The molecule has 2 aromatic heterocycles. The fraction of sp³-hybridized carbons (Fsp3) is 0.267. The van der Waals surface area contributed by atoms with Gasteiger partial charge in [-0.1, -0.05) is 29.8 Å². The molecule has 0 saturated heterocycles. The third kappa shape index (κ3) is 2.55.